The summed E-state index contributed by atoms with van der Waals surface area (Å²) in [4.78, 5) is 13.1. The second-order valence-corrected chi connectivity index (χ2v) is 10.1. The SMILES string of the molecule is COc1ccccc1COCCCOc1ccc(C2CCN(C(=O)O)CC2OCCOc2ccccc2CCO)cc1. The third-order valence-electron chi connectivity index (χ3n) is 7.32. The van der Waals surface area contributed by atoms with E-state index in [0.717, 1.165) is 40.4 Å². The fourth-order valence-electron chi connectivity index (χ4n) is 5.13. The van der Waals surface area contributed by atoms with Gasteiger partial charge in [-0.15, -0.1) is 0 Å². The minimum atomic E-state index is -0.938. The highest BCUT2D eigenvalue weighted by Gasteiger charge is 2.33. The number of ether oxygens (including phenoxy) is 5. The van der Waals surface area contributed by atoms with Crippen molar-refractivity contribution in [2.45, 2.75) is 37.9 Å². The van der Waals surface area contributed by atoms with E-state index < -0.39 is 6.09 Å². The third-order valence-corrected chi connectivity index (χ3v) is 7.32. The number of likely N-dealkylation sites (tertiary alicyclic amines) is 1. The Hall–Kier alpha value is -3.79. The molecule has 0 saturated carbocycles. The second-order valence-electron chi connectivity index (χ2n) is 10.1. The molecule has 1 fully saturated rings. The molecule has 1 aliphatic rings. The molecular formula is C33H41NO8. The lowest BCUT2D eigenvalue weighted by atomic mass is 9.87. The number of benzene rings is 3. The number of hydrogen-bond donors (Lipinski definition) is 2. The Morgan fingerprint density at radius 3 is 2.36 bits per heavy atom. The number of rotatable bonds is 16. The lowest BCUT2D eigenvalue weighted by Crippen LogP contribution is -2.46. The van der Waals surface area contributed by atoms with Crippen LogP contribution in [0, 0.1) is 0 Å². The van der Waals surface area contributed by atoms with Crippen LogP contribution in [0.1, 0.15) is 35.4 Å². The van der Waals surface area contributed by atoms with Crippen molar-refractivity contribution < 1.29 is 38.7 Å². The van der Waals surface area contributed by atoms with Crippen LogP contribution in [0.15, 0.2) is 72.8 Å². The second kappa shape index (κ2) is 16.6. The van der Waals surface area contributed by atoms with E-state index in [1.807, 2.05) is 72.8 Å². The Morgan fingerprint density at radius 2 is 1.62 bits per heavy atom. The molecule has 9 nitrogen and oxygen atoms in total. The Bertz CT molecular complexity index is 1230. The Morgan fingerprint density at radius 1 is 0.881 bits per heavy atom. The summed E-state index contributed by atoms with van der Waals surface area (Å²) >= 11 is 0. The molecule has 2 unspecified atom stereocenters. The van der Waals surface area contributed by atoms with Gasteiger partial charge in [-0.1, -0.05) is 48.5 Å². The van der Waals surface area contributed by atoms with Gasteiger partial charge in [0, 0.05) is 31.1 Å². The molecule has 0 bridgehead atoms. The van der Waals surface area contributed by atoms with Crippen LogP contribution in [0.3, 0.4) is 0 Å². The van der Waals surface area contributed by atoms with Gasteiger partial charge in [-0.25, -0.2) is 4.79 Å². The van der Waals surface area contributed by atoms with E-state index in [1.165, 1.54) is 4.90 Å². The average Bonchev–Trinajstić information content (AvgIpc) is 3.02. The van der Waals surface area contributed by atoms with Gasteiger partial charge in [0.15, 0.2) is 0 Å². The van der Waals surface area contributed by atoms with Gasteiger partial charge < -0.3 is 38.8 Å². The van der Waals surface area contributed by atoms with Crippen LogP contribution >= 0.6 is 0 Å². The topological polar surface area (TPSA) is 107 Å². The van der Waals surface area contributed by atoms with Crippen LogP contribution in [-0.2, 0) is 22.5 Å². The minimum Gasteiger partial charge on any atom is -0.496 e. The third kappa shape index (κ3) is 9.11. The van der Waals surface area contributed by atoms with Gasteiger partial charge in [-0.05, 0) is 48.2 Å². The van der Waals surface area contributed by atoms with E-state index in [1.54, 1.807) is 7.11 Å². The van der Waals surface area contributed by atoms with Crippen molar-refractivity contribution in [3.63, 3.8) is 0 Å². The Balaban J connectivity index is 1.24. The monoisotopic (exact) mass is 579 g/mol. The molecule has 1 heterocycles. The van der Waals surface area contributed by atoms with Crippen LogP contribution in [0.2, 0.25) is 0 Å². The van der Waals surface area contributed by atoms with Gasteiger partial charge in [0.2, 0.25) is 0 Å². The molecule has 0 aliphatic carbocycles. The summed E-state index contributed by atoms with van der Waals surface area (Å²) < 4.78 is 29.2. The zero-order chi connectivity index (χ0) is 29.6. The number of amides is 1. The van der Waals surface area contributed by atoms with Crippen molar-refractivity contribution >= 4 is 6.09 Å². The first-order valence-electron chi connectivity index (χ1n) is 14.4. The van der Waals surface area contributed by atoms with Crippen LogP contribution < -0.4 is 14.2 Å². The normalized spacial score (nSPS) is 16.7. The largest absolute Gasteiger partial charge is 0.496 e. The number of aliphatic hydroxyl groups excluding tert-OH is 1. The van der Waals surface area contributed by atoms with Crippen molar-refractivity contribution in [3.05, 3.63) is 89.5 Å². The molecular weight excluding hydrogens is 538 g/mol. The zero-order valence-electron chi connectivity index (χ0n) is 24.2. The van der Waals surface area contributed by atoms with Gasteiger partial charge in [0.1, 0.15) is 23.9 Å². The van der Waals surface area contributed by atoms with E-state index in [2.05, 4.69) is 0 Å². The van der Waals surface area contributed by atoms with Crippen molar-refractivity contribution in [1.29, 1.82) is 0 Å². The van der Waals surface area contributed by atoms with Crippen LogP contribution in [0.5, 0.6) is 17.2 Å². The maximum Gasteiger partial charge on any atom is 0.407 e. The van der Waals surface area contributed by atoms with E-state index in [9.17, 15) is 15.0 Å². The zero-order valence-corrected chi connectivity index (χ0v) is 24.2. The van der Waals surface area contributed by atoms with Crippen LogP contribution in [0.4, 0.5) is 4.79 Å². The van der Waals surface area contributed by atoms with Crippen LogP contribution in [0.25, 0.3) is 0 Å². The molecule has 226 valence electrons. The molecule has 1 amide bonds. The fourth-order valence-corrected chi connectivity index (χ4v) is 5.13. The van der Waals surface area contributed by atoms with Crippen LogP contribution in [-0.4, -0.2) is 80.5 Å². The number of hydrogen-bond acceptors (Lipinski definition) is 7. The number of piperidine rings is 1. The first-order chi connectivity index (χ1) is 20.6. The molecule has 1 aliphatic heterocycles. The first kappa shape index (κ1) is 31.2. The molecule has 42 heavy (non-hydrogen) atoms. The highest BCUT2D eigenvalue weighted by atomic mass is 16.5. The summed E-state index contributed by atoms with van der Waals surface area (Å²) in [6, 6.07) is 23.4. The first-order valence-corrected chi connectivity index (χ1v) is 14.4. The predicted molar refractivity (Wildman–Crippen MR) is 159 cm³/mol. The number of nitrogens with zero attached hydrogens (tertiary/aromatic N) is 1. The van der Waals surface area contributed by atoms with E-state index in [4.69, 9.17) is 23.7 Å². The van der Waals surface area contributed by atoms with Gasteiger partial charge >= 0.3 is 6.09 Å². The van der Waals surface area contributed by atoms with Crippen molar-refractivity contribution in [2.75, 3.05) is 53.2 Å². The molecule has 0 spiro atoms. The number of aliphatic hydroxyl groups is 1. The smallest absolute Gasteiger partial charge is 0.407 e. The molecule has 4 rings (SSSR count). The summed E-state index contributed by atoms with van der Waals surface area (Å²) in [7, 11) is 1.66. The predicted octanol–water partition coefficient (Wildman–Crippen LogP) is 5.15. The highest BCUT2D eigenvalue weighted by molar-refractivity contribution is 5.65. The molecule has 2 N–H and O–H groups in total. The Kier molecular flexibility index (Phi) is 12.3. The average molecular weight is 580 g/mol. The van der Waals surface area contributed by atoms with E-state index >= 15 is 0 Å². The quantitative estimate of drug-likeness (QED) is 0.225. The molecule has 9 heteroatoms. The molecule has 0 radical (unpaired) electrons. The number of methoxy groups -OCH3 is 1. The maximum atomic E-state index is 11.7. The van der Waals surface area contributed by atoms with Gasteiger partial charge in [-0.3, -0.25) is 0 Å². The van der Waals surface area contributed by atoms with Crippen molar-refractivity contribution in [1.82, 2.24) is 4.90 Å². The van der Waals surface area contributed by atoms with E-state index in [-0.39, 0.29) is 18.6 Å². The summed E-state index contributed by atoms with van der Waals surface area (Å²) in [5, 5.41) is 18.8. The molecule has 1 saturated heterocycles. The number of carboxylic acid groups (broad SMARTS) is 1. The van der Waals surface area contributed by atoms with Crippen molar-refractivity contribution in [2.24, 2.45) is 0 Å². The summed E-state index contributed by atoms with van der Waals surface area (Å²) in [6.07, 6.45) is 0.714. The lowest BCUT2D eigenvalue weighted by Gasteiger charge is -2.37. The molecule has 3 aromatic carbocycles. The summed E-state index contributed by atoms with van der Waals surface area (Å²) in [6.45, 7) is 3.06. The molecule has 2 atom stereocenters. The molecule has 3 aromatic rings. The highest BCUT2D eigenvalue weighted by Crippen LogP contribution is 2.32. The number of para-hydroxylation sites is 2. The van der Waals surface area contributed by atoms with Gasteiger partial charge in [-0.2, -0.15) is 0 Å². The van der Waals surface area contributed by atoms with E-state index in [0.29, 0.717) is 59.0 Å². The lowest BCUT2D eigenvalue weighted by molar-refractivity contribution is -0.0207. The standard InChI is InChI=1S/C33H41NO8/c1-38-30-9-4-3-8-27(30)24-39-19-6-20-40-28-13-11-25(12-14-28)29-15-17-34(33(36)37)23-32(29)42-22-21-41-31-10-5-2-7-26(31)16-18-35/h2-5,7-14,29,32,35H,6,15-24H2,1H3,(H,36,37). The van der Waals surface area contributed by atoms with Gasteiger partial charge in [0.05, 0.1) is 46.2 Å². The summed E-state index contributed by atoms with van der Waals surface area (Å²) in [5.41, 5.74) is 3.05. The van der Waals surface area contributed by atoms with Crippen molar-refractivity contribution in [3.8, 4) is 17.2 Å². The molecule has 0 aromatic heterocycles. The Labute approximate surface area is 247 Å². The summed E-state index contributed by atoms with van der Waals surface area (Å²) in [5.74, 6) is 2.38. The maximum absolute atomic E-state index is 11.7. The van der Waals surface area contributed by atoms with Gasteiger partial charge in [0.25, 0.3) is 0 Å². The fraction of sp³-hybridized carbons (Fsp3) is 0.424. The number of carbonyl (C=O) groups is 1. The minimum absolute atomic E-state index is 0.0503.